The van der Waals surface area contributed by atoms with Crippen LogP contribution in [0.1, 0.15) is 21.5 Å². The Morgan fingerprint density at radius 2 is 1.83 bits per heavy atom. The van der Waals surface area contributed by atoms with Crippen LogP contribution in [0.2, 0.25) is 5.02 Å². The number of nitrogens with one attached hydrogen (secondary N) is 1. The van der Waals surface area contributed by atoms with Crippen molar-refractivity contribution in [2.45, 2.75) is 6.61 Å². The molecular formula is C21H16ClN3O4. The summed E-state index contributed by atoms with van der Waals surface area (Å²) in [6.45, 7) is 0.434. The molecule has 3 aromatic rings. The van der Waals surface area contributed by atoms with E-state index in [1.807, 2.05) is 30.3 Å². The van der Waals surface area contributed by atoms with Crippen LogP contribution in [0.25, 0.3) is 0 Å². The van der Waals surface area contributed by atoms with Gasteiger partial charge >= 0.3 is 0 Å². The molecule has 0 fully saturated rings. The average Bonchev–Trinajstić information content (AvgIpc) is 2.74. The molecule has 3 rings (SSSR count). The van der Waals surface area contributed by atoms with Crippen LogP contribution in [-0.2, 0) is 6.61 Å². The van der Waals surface area contributed by atoms with Gasteiger partial charge in [0.05, 0.1) is 11.1 Å². The Kier molecular flexibility index (Phi) is 6.55. The molecular weight excluding hydrogens is 394 g/mol. The molecule has 0 saturated heterocycles. The van der Waals surface area contributed by atoms with Crippen molar-refractivity contribution in [1.82, 2.24) is 5.43 Å². The predicted octanol–water partition coefficient (Wildman–Crippen LogP) is 4.59. The van der Waals surface area contributed by atoms with Gasteiger partial charge < -0.3 is 4.74 Å². The SMILES string of the molecule is O=C(N/N=C/c1ccc(Cl)c([N+](=O)[O-])c1)c1ccc(OCc2ccccc2)cc1. The van der Waals surface area contributed by atoms with Crippen molar-refractivity contribution in [1.29, 1.82) is 0 Å². The number of amides is 1. The predicted molar refractivity (Wildman–Crippen MR) is 110 cm³/mol. The number of rotatable bonds is 7. The first kappa shape index (κ1) is 20.0. The topological polar surface area (TPSA) is 93.8 Å². The highest BCUT2D eigenvalue weighted by atomic mass is 35.5. The summed E-state index contributed by atoms with van der Waals surface area (Å²) in [6.07, 6.45) is 1.30. The maximum atomic E-state index is 12.2. The lowest BCUT2D eigenvalue weighted by molar-refractivity contribution is -0.384. The van der Waals surface area contributed by atoms with Crippen molar-refractivity contribution in [2.24, 2.45) is 5.10 Å². The molecule has 0 aliphatic carbocycles. The van der Waals surface area contributed by atoms with E-state index in [2.05, 4.69) is 10.5 Å². The summed E-state index contributed by atoms with van der Waals surface area (Å²) in [5.74, 6) is 0.224. The standard InChI is InChI=1S/C21H16ClN3O4/c22-19-11-6-16(12-20(19)25(27)28)13-23-24-21(26)17-7-9-18(10-8-17)29-14-15-4-2-1-3-5-15/h1-13H,14H2,(H,24,26)/b23-13+. The smallest absolute Gasteiger partial charge is 0.288 e. The highest BCUT2D eigenvalue weighted by Crippen LogP contribution is 2.24. The zero-order valence-electron chi connectivity index (χ0n) is 15.1. The fourth-order valence-electron chi connectivity index (χ4n) is 2.42. The highest BCUT2D eigenvalue weighted by Gasteiger charge is 2.12. The lowest BCUT2D eigenvalue weighted by Gasteiger charge is -2.07. The van der Waals surface area contributed by atoms with Gasteiger partial charge in [0.1, 0.15) is 17.4 Å². The van der Waals surface area contributed by atoms with E-state index in [1.54, 1.807) is 30.3 Å². The Morgan fingerprint density at radius 1 is 1.10 bits per heavy atom. The van der Waals surface area contributed by atoms with Crippen LogP contribution in [-0.4, -0.2) is 17.0 Å². The molecule has 0 unspecified atom stereocenters. The number of nitro benzene ring substituents is 1. The van der Waals surface area contributed by atoms with Gasteiger partial charge in [-0.15, -0.1) is 0 Å². The van der Waals surface area contributed by atoms with Crippen LogP contribution in [0, 0.1) is 10.1 Å². The number of carbonyl (C=O) groups is 1. The summed E-state index contributed by atoms with van der Waals surface area (Å²) >= 11 is 5.76. The van der Waals surface area contributed by atoms with E-state index < -0.39 is 10.8 Å². The van der Waals surface area contributed by atoms with Crippen molar-refractivity contribution in [3.63, 3.8) is 0 Å². The fourth-order valence-corrected chi connectivity index (χ4v) is 2.61. The van der Waals surface area contributed by atoms with Crippen LogP contribution >= 0.6 is 11.6 Å². The third-order valence-electron chi connectivity index (χ3n) is 3.91. The molecule has 8 heteroatoms. The van der Waals surface area contributed by atoms with Crippen LogP contribution in [0.5, 0.6) is 5.75 Å². The second-order valence-electron chi connectivity index (χ2n) is 5.97. The number of carbonyl (C=O) groups excluding carboxylic acids is 1. The summed E-state index contributed by atoms with van der Waals surface area (Å²) in [6, 6.07) is 20.6. The number of nitro groups is 1. The van der Waals surface area contributed by atoms with Gasteiger partial charge in [-0.2, -0.15) is 5.10 Å². The largest absolute Gasteiger partial charge is 0.489 e. The molecule has 0 spiro atoms. The van der Waals surface area contributed by atoms with E-state index in [9.17, 15) is 14.9 Å². The monoisotopic (exact) mass is 409 g/mol. The third-order valence-corrected chi connectivity index (χ3v) is 4.23. The number of hydrazone groups is 1. The maximum absolute atomic E-state index is 12.2. The molecule has 0 aromatic heterocycles. The highest BCUT2D eigenvalue weighted by molar-refractivity contribution is 6.32. The van der Waals surface area contributed by atoms with Crippen LogP contribution < -0.4 is 10.2 Å². The van der Waals surface area contributed by atoms with E-state index >= 15 is 0 Å². The molecule has 0 atom stereocenters. The van der Waals surface area contributed by atoms with Crippen molar-refractivity contribution >= 4 is 29.4 Å². The van der Waals surface area contributed by atoms with E-state index in [-0.39, 0.29) is 10.7 Å². The van der Waals surface area contributed by atoms with E-state index in [0.29, 0.717) is 23.5 Å². The lowest BCUT2D eigenvalue weighted by Crippen LogP contribution is -2.17. The van der Waals surface area contributed by atoms with Gasteiger partial charge in [0.15, 0.2) is 0 Å². The molecule has 7 nitrogen and oxygen atoms in total. The molecule has 0 heterocycles. The van der Waals surface area contributed by atoms with Gasteiger partial charge in [0.2, 0.25) is 0 Å². The Balaban J connectivity index is 1.56. The van der Waals surface area contributed by atoms with Crippen LogP contribution in [0.3, 0.4) is 0 Å². The number of hydrogen-bond donors (Lipinski definition) is 1. The van der Waals surface area contributed by atoms with Gasteiger partial charge in [-0.25, -0.2) is 5.43 Å². The first-order chi connectivity index (χ1) is 14.0. The molecule has 0 aliphatic heterocycles. The summed E-state index contributed by atoms with van der Waals surface area (Å²) < 4.78 is 5.68. The van der Waals surface area contributed by atoms with Gasteiger partial charge in [-0.3, -0.25) is 14.9 Å². The van der Waals surface area contributed by atoms with Crippen LogP contribution in [0.15, 0.2) is 77.9 Å². The molecule has 0 bridgehead atoms. The summed E-state index contributed by atoms with van der Waals surface area (Å²) in [5.41, 5.74) is 4.03. The minimum absolute atomic E-state index is 0.0331. The van der Waals surface area contributed by atoms with Crippen molar-refractivity contribution in [3.05, 3.63) is 105 Å². The van der Waals surface area contributed by atoms with Crippen molar-refractivity contribution < 1.29 is 14.5 Å². The van der Waals surface area contributed by atoms with Gasteiger partial charge in [0.25, 0.3) is 11.6 Å². The second-order valence-corrected chi connectivity index (χ2v) is 6.37. The van der Waals surface area contributed by atoms with Gasteiger partial charge in [-0.1, -0.05) is 48.0 Å². The van der Waals surface area contributed by atoms with E-state index in [0.717, 1.165) is 5.56 Å². The molecule has 1 amide bonds. The minimum Gasteiger partial charge on any atom is -0.489 e. The van der Waals surface area contributed by atoms with Crippen molar-refractivity contribution in [2.75, 3.05) is 0 Å². The Labute approximate surface area is 171 Å². The number of ether oxygens (including phenoxy) is 1. The molecule has 146 valence electrons. The number of halogens is 1. The van der Waals surface area contributed by atoms with E-state index in [4.69, 9.17) is 16.3 Å². The molecule has 0 radical (unpaired) electrons. The number of nitrogens with zero attached hydrogens (tertiary/aromatic N) is 2. The molecule has 29 heavy (non-hydrogen) atoms. The Morgan fingerprint density at radius 3 is 2.52 bits per heavy atom. The molecule has 1 N–H and O–H groups in total. The minimum atomic E-state index is -0.584. The van der Waals surface area contributed by atoms with Gasteiger partial charge in [-0.05, 0) is 35.9 Å². The van der Waals surface area contributed by atoms with E-state index in [1.165, 1.54) is 18.3 Å². The fraction of sp³-hybridized carbons (Fsp3) is 0.0476. The third kappa shape index (κ3) is 5.63. The Hall–Kier alpha value is -3.71. The van der Waals surface area contributed by atoms with Crippen LogP contribution in [0.4, 0.5) is 5.69 Å². The summed E-state index contributed by atoms with van der Waals surface area (Å²) in [4.78, 5) is 22.5. The first-order valence-corrected chi connectivity index (χ1v) is 8.95. The molecule has 3 aromatic carbocycles. The lowest BCUT2D eigenvalue weighted by atomic mass is 10.2. The number of hydrogen-bond acceptors (Lipinski definition) is 5. The molecule has 0 saturated carbocycles. The van der Waals surface area contributed by atoms with Gasteiger partial charge in [0, 0.05) is 17.2 Å². The zero-order valence-corrected chi connectivity index (χ0v) is 15.9. The zero-order chi connectivity index (χ0) is 20.6. The maximum Gasteiger partial charge on any atom is 0.288 e. The molecule has 0 aliphatic rings. The quantitative estimate of drug-likeness (QED) is 0.351. The number of benzene rings is 3. The second kappa shape index (κ2) is 9.48. The first-order valence-electron chi connectivity index (χ1n) is 8.57. The average molecular weight is 410 g/mol. The van der Waals surface area contributed by atoms with Crippen molar-refractivity contribution in [3.8, 4) is 5.75 Å². The summed E-state index contributed by atoms with van der Waals surface area (Å²) in [5, 5.41) is 14.8. The Bertz CT molecular complexity index is 1040. The normalized spacial score (nSPS) is 10.7. The summed E-state index contributed by atoms with van der Waals surface area (Å²) in [7, 11) is 0.